The average Bonchev–Trinajstić information content (AvgIpc) is 3.14. The lowest BCUT2D eigenvalue weighted by Gasteiger charge is -2.28. The second-order valence-electron chi connectivity index (χ2n) is 7.45. The maximum Gasteiger partial charge on any atom is 0.336 e. The van der Waals surface area contributed by atoms with Crippen LogP contribution in [0.1, 0.15) is 46.1 Å². The molecule has 9 heteroatoms. The lowest BCUT2D eigenvalue weighted by molar-refractivity contribution is -0.384. The summed E-state index contributed by atoms with van der Waals surface area (Å²) in [5, 5.41) is 15.0. The molecule has 0 radical (unpaired) electrons. The number of nitrogens with zero attached hydrogens (tertiary/aromatic N) is 1. The molecule has 0 fully saturated rings. The Morgan fingerprint density at radius 3 is 2.42 bits per heavy atom. The number of non-ortho nitro benzene ring substituents is 1. The van der Waals surface area contributed by atoms with Gasteiger partial charge in [0, 0.05) is 34.9 Å². The molecule has 0 saturated carbocycles. The van der Waals surface area contributed by atoms with E-state index in [9.17, 15) is 19.7 Å². The SMILES string of the molecule is CCOC(=O)C1=C(C)Nc2sc(C(=O)c3ccccc3)c(N)c2C1c1ccc([N+](=O)[O-])cc1. The summed E-state index contributed by atoms with van der Waals surface area (Å²) in [4.78, 5) is 37.1. The van der Waals surface area contributed by atoms with Crippen molar-refractivity contribution in [2.24, 2.45) is 0 Å². The van der Waals surface area contributed by atoms with E-state index in [2.05, 4.69) is 5.32 Å². The molecule has 1 atom stereocenters. The highest BCUT2D eigenvalue weighted by atomic mass is 32.1. The van der Waals surface area contributed by atoms with Gasteiger partial charge in [-0.2, -0.15) is 0 Å². The van der Waals surface area contributed by atoms with Crippen molar-refractivity contribution in [3.8, 4) is 0 Å². The zero-order valence-electron chi connectivity index (χ0n) is 18.0. The molecule has 3 aromatic rings. The first-order chi connectivity index (χ1) is 15.8. The third kappa shape index (κ3) is 3.98. The predicted octanol–water partition coefficient (Wildman–Crippen LogP) is 4.86. The highest BCUT2D eigenvalue weighted by Gasteiger charge is 2.38. The molecule has 1 unspecified atom stereocenters. The van der Waals surface area contributed by atoms with Crippen molar-refractivity contribution >= 4 is 39.5 Å². The fourth-order valence-electron chi connectivity index (χ4n) is 3.93. The third-order valence-electron chi connectivity index (χ3n) is 5.44. The van der Waals surface area contributed by atoms with Gasteiger partial charge in [-0.25, -0.2) is 4.79 Å². The summed E-state index contributed by atoms with van der Waals surface area (Å²) in [6.07, 6.45) is 0. The number of rotatable bonds is 6. The van der Waals surface area contributed by atoms with Crippen LogP contribution in [-0.2, 0) is 9.53 Å². The molecule has 0 saturated heterocycles. The van der Waals surface area contributed by atoms with Crippen LogP contribution in [0.15, 0.2) is 65.9 Å². The van der Waals surface area contributed by atoms with Crippen molar-refractivity contribution in [1.82, 2.24) is 0 Å². The van der Waals surface area contributed by atoms with Crippen LogP contribution in [0.3, 0.4) is 0 Å². The zero-order valence-corrected chi connectivity index (χ0v) is 18.8. The van der Waals surface area contributed by atoms with Crippen molar-refractivity contribution in [2.75, 3.05) is 17.7 Å². The molecule has 1 aliphatic rings. The van der Waals surface area contributed by atoms with E-state index in [0.717, 1.165) is 0 Å². The average molecular weight is 464 g/mol. The number of carbonyl (C=O) groups excluding carboxylic acids is 2. The molecule has 0 amide bonds. The molecular formula is C24H21N3O5S. The normalized spacial score (nSPS) is 14.9. The Morgan fingerprint density at radius 1 is 1.15 bits per heavy atom. The van der Waals surface area contributed by atoms with E-state index in [1.165, 1.54) is 23.5 Å². The molecule has 168 valence electrons. The van der Waals surface area contributed by atoms with Crippen molar-refractivity contribution in [1.29, 1.82) is 0 Å². The molecule has 0 spiro atoms. The maximum atomic E-state index is 13.2. The van der Waals surface area contributed by atoms with E-state index >= 15 is 0 Å². The van der Waals surface area contributed by atoms with Gasteiger partial charge in [0.2, 0.25) is 5.78 Å². The fraction of sp³-hybridized carbons (Fsp3) is 0.167. The van der Waals surface area contributed by atoms with Crippen LogP contribution in [0.4, 0.5) is 16.4 Å². The van der Waals surface area contributed by atoms with E-state index in [-0.39, 0.29) is 23.8 Å². The summed E-state index contributed by atoms with van der Waals surface area (Å²) in [5.41, 5.74) is 9.37. The van der Waals surface area contributed by atoms with Crippen LogP contribution >= 0.6 is 11.3 Å². The Balaban J connectivity index is 1.88. The monoisotopic (exact) mass is 463 g/mol. The van der Waals surface area contributed by atoms with E-state index in [1.807, 2.05) is 6.07 Å². The minimum absolute atomic E-state index is 0.0653. The van der Waals surface area contributed by atoms with Gasteiger partial charge in [-0.1, -0.05) is 42.5 Å². The Bertz CT molecular complexity index is 1280. The number of fused-ring (bicyclic) bond motifs is 1. The smallest absolute Gasteiger partial charge is 0.336 e. The first-order valence-electron chi connectivity index (χ1n) is 10.2. The second kappa shape index (κ2) is 8.87. The topological polar surface area (TPSA) is 125 Å². The minimum Gasteiger partial charge on any atom is -0.463 e. The summed E-state index contributed by atoms with van der Waals surface area (Å²) in [6, 6.07) is 14.8. The van der Waals surface area contributed by atoms with Crippen LogP contribution in [-0.4, -0.2) is 23.3 Å². The van der Waals surface area contributed by atoms with Crippen LogP contribution in [0.5, 0.6) is 0 Å². The standard InChI is InChI=1S/C24H21N3O5S/c1-3-32-24(29)17-13(2)26-23-19(18(17)14-9-11-16(12-10-14)27(30)31)20(25)22(33-23)21(28)15-7-5-4-6-8-15/h4-12,18,26H,3,25H2,1-2H3. The van der Waals surface area contributed by atoms with Gasteiger partial charge in [0.05, 0.1) is 27.8 Å². The number of nitrogen functional groups attached to an aromatic ring is 1. The van der Waals surface area contributed by atoms with E-state index < -0.39 is 16.8 Å². The van der Waals surface area contributed by atoms with E-state index in [4.69, 9.17) is 10.5 Å². The molecule has 3 N–H and O–H groups in total. The summed E-state index contributed by atoms with van der Waals surface area (Å²) in [6.45, 7) is 3.65. The number of nitro groups is 1. The first-order valence-corrected chi connectivity index (χ1v) is 11.1. The third-order valence-corrected chi connectivity index (χ3v) is 6.58. The number of carbonyl (C=O) groups is 2. The van der Waals surface area contributed by atoms with Crippen LogP contribution < -0.4 is 11.1 Å². The van der Waals surface area contributed by atoms with Crippen molar-refractivity contribution in [2.45, 2.75) is 19.8 Å². The summed E-state index contributed by atoms with van der Waals surface area (Å²) in [5.74, 6) is -1.38. The Kier molecular flexibility index (Phi) is 5.97. The van der Waals surface area contributed by atoms with Gasteiger partial charge in [-0.05, 0) is 19.4 Å². The molecule has 0 aliphatic carbocycles. The van der Waals surface area contributed by atoms with Gasteiger partial charge < -0.3 is 15.8 Å². The predicted molar refractivity (Wildman–Crippen MR) is 127 cm³/mol. The van der Waals surface area contributed by atoms with Gasteiger partial charge in [-0.3, -0.25) is 14.9 Å². The highest BCUT2D eigenvalue weighted by Crippen LogP contribution is 2.50. The lowest BCUT2D eigenvalue weighted by Crippen LogP contribution is -2.24. The van der Waals surface area contributed by atoms with Gasteiger partial charge in [0.25, 0.3) is 5.69 Å². The summed E-state index contributed by atoms with van der Waals surface area (Å²) < 4.78 is 5.29. The Labute approximate surface area is 193 Å². The molecule has 1 aromatic heterocycles. The number of nitrogens with two attached hydrogens (primary N) is 1. The second-order valence-corrected chi connectivity index (χ2v) is 8.47. The van der Waals surface area contributed by atoms with E-state index in [0.29, 0.717) is 37.8 Å². The zero-order chi connectivity index (χ0) is 23.7. The van der Waals surface area contributed by atoms with Gasteiger partial charge >= 0.3 is 5.97 Å². The minimum atomic E-state index is -0.644. The number of ketones is 1. The molecule has 2 aromatic carbocycles. The number of ether oxygens (including phenoxy) is 1. The number of esters is 1. The maximum absolute atomic E-state index is 13.2. The molecule has 33 heavy (non-hydrogen) atoms. The summed E-state index contributed by atoms with van der Waals surface area (Å²) >= 11 is 1.22. The first kappa shape index (κ1) is 22.2. The number of hydrogen-bond donors (Lipinski definition) is 2. The number of benzene rings is 2. The largest absolute Gasteiger partial charge is 0.463 e. The number of hydrogen-bond acceptors (Lipinski definition) is 8. The van der Waals surface area contributed by atoms with Gasteiger partial charge in [0.15, 0.2) is 0 Å². The molecule has 0 bridgehead atoms. The Hall–Kier alpha value is -3.98. The van der Waals surface area contributed by atoms with Crippen LogP contribution in [0.2, 0.25) is 0 Å². The Morgan fingerprint density at radius 2 is 1.82 bits per heavy atom. The number of thiophene rings is 1. The van der Waals surface area contributed by atoms with Crippen LogP contribution in [0, 0.1) is 10.1 Å². The molecular weight excluding hydrogens is 442 g/mol. The number of nitro benzene ring substituents is 1. The molecule has 1 aliphatic heterocycles. The molecule has 4 rings (SSSR count). The number of allylic oxidation sites excluding steroid dienone is 1. The van der Waals surface area contributed by atoms with Gasteiger partial charge in [-0.15, -0.1) is 11.3 Å². The lowest BCUT2D eigenvalue weighted by atomic mass is 9.81. The van der Waals surface area contributed by atoms with E-state index in [1.54, 1.807) is 50.2 Å². The fourth-order valence-corrected chi connectivity index (χ4v) is 5.10. The molecule has 2 heterocycles. The van der Waals surface area contributed by atoms with Crippen molar-refractivity contribution < 1.29 is 19.2 Å². The highest BCUT2D eigenvalue weighted by molar-refractivity contribution is 7.19. The molecule has 8 nitrogen and oxygen atoms in total. The summed E-state index contributed by atoms with van der Waals surface area (Å²) in [7, 11) is 0. The van der Waals surface area contributed by atoms with Gasteiger partial charge in [0.1, 0.15) is 4.88 Å². The van der Waals surface area contributed by atoms with Crippen molar-refractivity contribution in [3.05, 3.63) is 97.5 Å². The number of anilines is 2. The quantitative estimate of drug-likeness (QED) is 0.231. The van der Waals surface area contributed by atoms with Crippen molar-refractivity contribution in [3.63, 3.8) is 0 Å². The number of nitrogens with one attached hydrogen (secondary N) is 1. The van der Waals surface area contributed by atoms with Crippen LogP contribution in [0.25, 0.3) is 0 Å².